The van der Waals surface area contributed by atoms with Crippen molar-refractivity contribution in [2.24, 2.45) is 11.3 Å². The summed E-state index contributed by atoms with van der Waals surface area (Å²) in [6, 6.07) is 0. The van der Waals surface area contributed by atoms with E-state index in [2.05, 4.69) is 15.2 Å². The first kappa shape index (κ1) is 11.7. The zero-order valence-electron chi connectivity index (χ0n) is 9.53. The van der Waals surface area contributed by atoms with Gasteiger partial charge < -0.3 is 5.11 Å². The van der Waals surface area contributed by atoms with Crippen LogP contribution >= 0.6 is 0 Å². The highest BCUT2D eigenvalue weighted by atomic mass is 16.4. The van der Waals surface area contributed by atoms with Crippen molar-refractivity contribution in [1.29, 1.82) is 0 Å². The monoisotopic (exact) mass is 211 g/mol. The number of aromatic nitrogens is 3. The van der Waals surface area contributed by atoms with Crippen LogP contribution < -0.4 is 0 Å². The Morgan fingerprint density at radius 3 is 2.53 bits per heavy atom. The molecule has 84 valence electrons. The van der Waals surface area contributed by atoms with Crippen molar-refractivity contribution in [3.05, 3.63) is 11.6 Å². The SMILES string of the molecule is Cc1nc(CC(C)(C(=O)O)C(C)C)n[nH]1. The van der Waals surface area contributed by atoms with Crippen LogP contribution in [0.15, 0.2) is 0 Å². The molecule has 0 aliphatic carbocycles. The Morgan fingerprint density at radius 2 is 2.20 bits per heavy atom. The lowest BCUT2D eigenvalue weighted by atomic mass is 9.76. The van der Waals surface area contributed by atoms with Gasteiger partial charge in [0.1, 0.15) is 5.82 Å². The molecule has 0 saturated carbocycles. The van der Waals surface area contributed by atoms with Crippen LogP contribution in [0.2, 0.25) is 0 Å². The van der Waals surface area contributed by atoms with Gasteiger partial charge in [0.2, 0.25) is 0 Å². The maximum atomic E-state index is 11.2. The summed E-state index contributed by atoms with van der Waals surface area (Å²) in [6.45, 7) is 7.32. The van der Waals surface area contributed by atoms with Gasteiger partial charge in [-0.1, -0.05) is 13.8 Å². The van der Waals surface area contributed by atoms with Crippen LogP contribution in [0.4, 0.5) is 0 Å². The van der Waals surface area contributed by atoms with Crippen LogP contribution in [-0.2, 0) is 11.2 Å². The molecule has 1 aromatic heterocycles. The molecular weight excluding hydrogens is 194 g/mol. The van der Waals surface area contributed by atoms with E-state index in [4.69, 9.17) is 0 Å². The number of aliphatic carboxylic acids is 1. The Kier molecular flexibility index (Phi) is 3.12. The Morgan fingerprint density at radius 1 is 1.60 bits per heavy atom. The van der Waals surface area contributed by atoms with Crippen LogP contribution in [0.5, 0.6) is 0 Å². The fourth-order valence-electron chi connectivity index (χ4n) is 1.32. The minimum Gasteiger partial charge on any atom is -0.481 e. The van der Waals surface area contributed by atoms with E-state index in [1.807, 2.05) is 13.8 Å². The molecule has 0 radical (unpaired) electrons. The van der Waals surface area contributed by atoms with Crippen molar-refractivity contribution in [2.45, 2.75) is 34.1 Å². The third kappa shape index (κ3) is 2.34. The van der Waals surface area contributed by atoms with Crippen LogP contribution in [0.1, 0.15) is 32.4 Å². The molecule has 0 aliphatic rings. The third-order valence-corrected chi connectivity index (χ3v) is 2.93. The lowest BCUT2D eigenvalue weighted by Gasteiger charge is -2.27. The number of carboxylic acid groups (broad SMARTS) is 1. The molecule has 2 N–H and O–H groups in total. The predicted octanol–water partition coefficient (Wildman–Crippen LogP) is 1.40. The third-order valence-electron chi connectivity index (χ3n) is 2.93. The fourth-order valence-corrected chi connectivity index (χ4v) is 1.32. The highest BCUT2D eigenvalue weighted by molar-refractivity contribution is 5.74. The maximum absolute atomic E-state index is 11.2. The normalized spacial score (nSPS) is 15.3. The van der Waals surface area contributed by atoms with Gasteiger partial charge in [-0.05, 0) is 19.8 Å². The highest BCUT2D eigenvalue weighted by Gasteiger charge is 2.37. The first-order valence-corrected chi connectivity index (χ1v) is 4.97. The first-order valence-electron chi connectivity index (χ1n) is 4.97. The number of nitrogens with one attached hydrogen (secondary N) is 1. The predicted molar refractivity (Wildman–Crippen MR) is 55.4 cm³/mol. The van der Waals surface area contributed by atoms with Gasteiger partial charge in [-0.15, -0.1) is 0 Å². The molecule has 0 saturated heterocycles. The number of rotatable bonds is 4. The maximum Gasteiger partial charge on any atom is 0.310 e. The second-order valence-corrected chi connectivity index (χ2v) is 4.39. The van der Waals surface area contributed by atoms with Crippen molar-refractivity contribution in [3.8, 4) is 0 Å². The van der Waals surface area contributed by atoms with Crippen LogP contribution in [0, 0.1) is 18.3 Å². The molecule has 1 unspecified atom stereocenters. The molecule has 0 fully saturated rings. The number of H-pyrrole nitrogens is 1. The summed E-state index contributed by atoms with van der Waals surface area (Å²) in [5, 5.41) is 15.9. The lowest BCUT2D eigenvalue weighted by Crippen LogP contribution is -2.35. The number of hydrogen-bond acceptors (Lipinski definition) is 3. The van der Waals surface area contributed by atoms with E-state index in [0.717, 1.165) is 0 Å². The zero-order chi connectivity index (χ0) is 11.6. The quantitative estimate of drug-likeness (QED) is 0.789. The van der Waals surface area contributed by atoms with Crippen molar-refractivity contribution >= 4 is 5.97 Å². The molecule has 1 atom stereocenters. The topological polar surface area (TPSA) is 78.9 Å². The second-order valence-electron chi connectivity index (χ2n) is 4.39. The number of hydrogen-bond donors (Lipinski definition) is 2. The standard InChI is InChI=1S/C10H17N3O2/c1-6(2)10(4,9(14)15)5-8-11-7(3)12-13-8/h6H,5H2,1-4H3,(H,14,15)(H,11,12,13). The smallest absolute Gasteiger partial charge is 0.310 e. The fraction of sp³-hybridized carbons (Fsp3) is 0.700. The van der Waals surface area contributed by atoms with E-state index in [0.29, 0.717) is 18.1 Å². The van der Waals surface area contributed by atoms with Crippen molar-refractivity contribution in [1.82, 2.24) is 15.2 Å². The van der Waals surface area contributed by atoms with Gasteiger partial charge in [-0.2, -0.15) is 5.10 Å². The first-order chi connectivity index (χ1) is 6.86. The summed E-state index contributed by atoms with van der Waals surface area (Å²) in [6.07, 6.45) is 0.352. The minimum atomic E-state index is -0.811. The summed E-state index contributed by atoms with van der Waals surface area (Å²) in [4.78, 5) is 15.3. The summed E-state index contributed by atoms with van der Waals surface area (Å²) in [7, 11) is 0. The van der Waals surface area contributed by atoms with Gasteiger partial charge >= 0.3 is 5.97 Å². The van der Waals surface area contributed by atoms with Crippen molar-refractivity contribution < 1.29 is 9.90 Å². The van der Waals surface area contributed by atoms with Gasteiger partial charge in [0.05, 0.1) is 5.41 Å². The number of nitrogens with zero attached hydrogens (tertiary/aromatic N) is 2. The molecule has 15 heavy (non-hydrogen) atoms. The lowest BCUT2D eigenvalue weighted by molar-refractivity contribution is -0.150. The van der Waals surface area contributed by atoms with E-state index in [9.17, 15) is 9.90 Å². The van der Waals surface area contributed by atoms with Crippen LogP contribution in [-0.4, -0.2) is 26.3 Å². The Labute approximate surface area is 88.9 Å². The molecule has 1 aromatic rings. The number of aryl methyl sites for hydroxylation is 1. The van der Waals surface area contributed by atoms with Crippen LogP contribution in [0.25, 0.3) is 0 Å². The number of carboxylic acids is 1. The van der Waals surface area contributed by atoms with E-state index >= 15 is 0 Å². The van der Waals surface area contributed by atoms with E-state index in [1.165, 1.54) is 0 Å². The molecule has 5 heteroatoms. The average molecular weight is 211 g/mol. The summed E-state index contributed by atoms with van der Waals surface area (Å²) in [5.41, 5.74) is -0.811. The van der Waals surface area contributed by atoms with Gasteiger partial charge in [-0.25, -0.2) is 4.98 Å². The molecule has 1 heterocycles. The second kappa shape index (κ2) is 4.00. The van der Waals surface area contributed by atoms with Gasteiger partial charge in [0, 0.05) is 6.42 Å². The molecule has 0 amide bonds. The Balaban J connectivity index is 2.89. The van der Waals surface area contributed by atoms with E-state index in [-0.39, 0.29) is 5.92 Å². The van der Waals surface area contributed by atoms with Gasteiger partial charge in [0.25, 0.3) is 0 Å². The molecule has 0 aliphatic heterocycles. The Bertz CT molecular complexity index is 359. The van der Waals surface area contributed by atoms with E-state index < -0.39 is 11.4 Å². The molecule has 5 nitrogen and oxygen atoms in total. The molecule has 0 spiro atoms. The largest absolute Gasteiger partial charge is 0.481 e. The van der Waals surface area contributed by atoms with Gasteiger partial charge in [-0.3, -0.25) is 9.89 Å². The molecule has 0 bridgehead atoms. The van der Waals surface area contributed by atoms with Crippen molar-refractivity contribution in [3.63, 3.8) is 0 Å². The summed E-state index contributed by atoms with van der Waals surface area (Å²) in [5.74, 6) is 0.501. The Hall–Kier alpha value is -1.39. The number of aromatic amines is 1. The summed E-state index contributed by atoms with van der Waals surface area (Å²) < 4.78 is 0. The van der Waals surface area contributed by atoms with Crippen molar-refractivity contribution in [2.75, 3.05) is 0 Å². The molecule has 0 aromatic carbocycles. The average Bonchev–Trinajstić information content (AvgIpc) is 2.50. The van der Waals surface area contributed by atoms with Gasteiger partial charge in [0.15, 0.2) is 5.82 Å². The number of carbonyl (C=O) groups is 1. The highest BCUT2D eigenvalue weighted by Crippen LogP contribution is 2.30. The minimum absolute atomic E-state index is 0.0359. The van der Waals surface area contributed by atoms with Crippen LogP contribution in [0.3, 0.4) is 0 Å². The summed E-state index contributed by atoms with van der Waals surface area (Å²) >= 11 is 0. The molecule has 1 rings (SSSR count). The van der Waals surface area contributed by atoms with E-state index in [1.54, 1.807) is 13.8 Å². The molecular formula is C10H17N3O2. The zero-order valence-corrected chi connectivity index (χ0v) is 9.53.